The standard InChI is InChI=1S/C22H24ClN3O4S/c1-15-4-6-18(23)14-19(15)25-8-10-26(11-9-25)31(27,28)22-7-5-17(13-21(22)29-3)20-12-16(2)24-30-20/h4-7,12-14H,8-11H2,1-3H3. The summed E-state index contributed by atoms with van der Waals surface area (Å²) in [6.45, 7) is 5.77. The maximum absolute atomic E-state index is 13.4. The molecule has 0 unspecified atom stereocenters. The molecule has 1 aliphatic heterocycles. The van der Waals surface area contributed by atoms with Crippen molar-refractivity contribution in [3.63, 3.8) is 0 Å². The molecule has 1 fully saturated rings. The molecule has 164 valence electrons. The van der Waals surface area contributed by atoms with Crippen molar-refractivity contribution in [1.82, 2.24) is 9.46 Å². The Hall–Kier alpha value is -2.55. The molecule has 2 aromatic carbocycles. The van der Waals surface area contributed by atoms with Gasteiger partial charge in [-0.1, -0.05) is 22.8 Å². The van der Waals surface area contributed by atoms with Gasteiger partial charge in [-0.25, -0.2) is 8.42 Å². The summed E-state index contributed by atoms with van der Waals surface area (Å²) in [6, 6.07) is 12.5. The van der Waals surface area contributed by atoms with Crippen molar-refractivity contribution in [3.05, 3.63) is 58.7 Å². The Bertz CT molecular complexity index is 1200. The number of benzene rings is 2. The van der Waals surface area contributed by atoms with Crippen LogP contribution in [0, 0.1) is 13.8 Å². The normalized spacial score (nSPS) is 15.3. The van der Waals surface area contributed by atoms with Crippen molar-refractivity contribution in [2.45, 2.75) is 18.7 Å². The lowest BCUT2D eigenvalue weighted by Gasteiger charge is -2.36. The number of anilines is 1. The van der Waals surface area contributed by atoms with E-state index in [1.54, 1.807) is 24.3 Å². The highest BCUT2D eigenvalue weighted by atomic mass is 35.5. The summed E-state index contributed by atoms with van der Waals surface area (Å²) in [5.41, 5.74) is 3.60. The Labute approximate surface area is 187 Å². The minimum Gasteiger partial charge on any atom is -0.495 e. The second-order valence-corrected chi connectivity index (χ2v) is 9.86. The minimum atomic E-state index is -3.71. The zero-order valence-corrected chi connectivity index (χ0v) is 19.2. The maximum atomic E-state index is 13.4. The number of aromatic nitrogens is 1. The molecule has 9 heteroatoms. The summed E-state index contributed by atoms with van der Waals surface area (Å²) < 4.78 is 38.9. The molecule has 0 atom stereocenters. The second-order valence-electron chi connectivity index (χ2n) is 7.52. The maximum Gasteiger partial charge on any atom is 0.246 e. The Morgan fingerprint density at radius 3 is 2.42 bits per heavy atom. The SMILES string of the molecule is COc1cc(-c2cc(C)no2)ccc1S(=O)(=O)N1CCN(c2cc(Cl)ccc2C)CC1. The molecule has 0 aliphatic carbocycles. The number of hydrogen-bond acceptors (Lipinski definition) is 6. The second kappa shape index (κ2) is 8.53. The van der Waals surface area contributed by atoms with Crippen LogP contribution in [0.25, 0.3) is 11.3 Å². The highest BCUT2D eigenvalue weighted by Gasteiger charge is 2.31. The third kappa shape index (κ3) is 4.28. The number of aryl methyl sites for hydroxylation is 2. The minimum absolute atomic E-state index is 0.141. The van der Waals surface area contributed by atoms with E-state index in [0.717, 1.165) is 16.9 Å². The zero-order chi connectivity index (χ0) is 22.2. The lowest BCUT2D eigenvalue weighted by molar-refractivity contribution is 0.374. The average molecular weight is 462 g/mol. The van der Waals surface area contributed by atoms with E-state index in [1.807, 2.05) is 32.0 Å². The van der Waals surface area contributed by atoms with Crippen molar-refractivity contribution >= 4 is 27.3 Å². The molecule has 0 radical (unpaired) electrons. The quantitative estimate of drug-likeness (QED) is 0.568. The highest BCUT2D eigenvalue weighted by molar-refractivity contribution is 7.89. The van der Waals surface area contributed by atoms with Crippen LogP contribution in [-0.2, 0) is 10.0 Å². The zero-order valence-electron chi connectivity index (χ0n) is 17.6. The lowest BCUT2D eigenvalue weighted by Crippen LogP contribution is -2.48. The average Bonchev–Trinajstić information content (AvgIpc) is 3.21. The number of piperazine rings is 1. The van der Waals surface area contributed by atoms with Crippen LogP contribution in [0.4, 0.5) is 5.69 Å². The molecular formula is C22H24ClN3O4S. The number of halogens is 1. The first-order valence-corrected chi connectivity index (χ1v) is 11.7. The molecule has 31 heavy (non-hydrogen) atoms. The van der Waals surface area contributed by atoms with E-state index in [4.69, 9.17) is 20.9 Å². The number of sulfonamides is 1. The summed E-state index contributed by atoms with van der Waals surface area (Å²) in [4.78, 5) is 2.31. The van der Waals surface area contributed by atoms with Gasteiger partial charge in [-0.3, -0.25) is 0 Å². The van der Waals surface area contributed by atoms with Gasteiger partial charge in [0.1, 0.15) is 10.6 Å². The van der Waals surface area contributed by atoms with E-state index in [-0.39, 0.29) is 10.6 Å². The number of rotatable bonds is 5. The summed E-state index contributed by atoms with van der Waals surface area (Å²) in [6.07, 6.45) is 0. The van der Waals surface area contributed by atoms with E-state index in [0.29, 0.717) is 42.5 Å². The third-order valence-corrected chi connectivity index (χ3v) is 7.62. The van der Waals surface area contributed by atoms with Crippen molar-refractivity contribution in [3.8, 4) is 17.1 Å². The van der Waals surface area contributed by atoms with Crippen LogP contribution in [0.2, 0.25) is 5.02 Å². The Kier molecular flexibility index (Phi) is 5.96. The van der Waals surface area contributed by atoms with Gasteiger partial charge in [-0.15, -0.1) is 0 Å². The highest BCUT2D eigenvalue weighted by Crippen LogP contribution is 2.33. The van der Waals surface area contributed by atoms with Crippen LogP contribution in [0.5, 0.6) is 5.75 Å². The fraction of sp³-hybridized carbons (Fsp3) is 0.318. The van der Waals surface area contributed by atoms with Gasteiger partial charge in [0, 0.05) is 48.5 Å². The van der Waals surface area contributed by atoms with Gasteiger partial charge < -0.3 is 14.2 Å². The van der Waals surface area contributed by atoms with Gasteiger partial charge in [0.15, 0.2) is 5.76 Å². The van der Waals surface area contributed by atoms with Gasteiger partial charge in [-0.05, 0) is 49.7 Å². The lowest BCUT2D eigenvalue weighted by atomic mass is 10.1. The molecule has 0 N–H and O–H groups in total. The molecule has 3 aromatic rings. The summed E-state index contributed by atoms with van der Waals surface area (Å²) in [7, 11) is -2.25. The van der Waals surface area contributed by atoms with Crippen LogP contribution in [0.1, 0.15) is 11.3 Å². The molecular weight excluding hydrogens is 438 g/mol. The number of ether oxygens (including phenoxy) is 1. The van der Waals surface area contributed by atoms with E-state index in [1.165, 1.54) is 11.4 Å². The van der Waals surface area contributed by atoms with Crippen LogP contribution in [0.15, 0.2) is 51.9 Å². The van der Waals surface area contributed by atoms with Gasteiger partial charge in [0.2, 0.25) is 10.0 Å². The molecule has 4 rings (SSSR count). The molecule has 0 saturated carbocycles. The van der Waals surface area contributed by atoms with E-state index in [9.17, 15) is 8.42 Å². The number of hydrogen-bond donors (Lipinski definition) is 0. The van der Waals surface area contributed by atoms with Crippen molar-refractivity contribution in [1.29, 1.82) is 0 Å². The van der Waals surface area contributed by atoms with Gasteiger partial charge in [0.05, 0.1) is 12.8 Å². The smallest absolute Gasteiger partial charge is 0.246 e. The summed E-state index contributed by atoms with van der Waals surface area (Å²) in [5.74, 6) is 0.838. The summed E-state index contributed by atoms with van der Waals surface area (Å²) in [5, 5.41) is 4.55. The number of nitrogens with zero attached hydrogens (tertiary/aromatic N) is 3. The first-order chi connectivity index (χ1) is 14.8. The van der Waals surface area contributed by atoms with Crippen molar-refractivity contribution < 1.29 is 17.7 Å². The van der Waals surface area contributed by atoms with Crippen LogP contribution in [0.3, 0.4) is 0 Å². The number of methoxy groups -OCH3 is 1. The first kappa shape index (κ1) is 21.7. The Morgan fingerprint density at radius 2 is 1.77 bits per heavy atom. The topological polar surface area (TPSA) is 75.9 Å². The van der Waals surface area contributed by atoms with Crippen LogP contribution < -0.4 is 9.64 Å². The third-order valence-electron chi connectivity index (χ3n) is 5.44. The van der Waals surface area contributed by atoms with Gasteiger partial charge in [-0.2, -0.15) is 4.31 Å². The molecule has 2 heterocycles. The van der Waals surface area contributed by atoms with Crippen LogP contribution >= 0.6 is 11.6 Å². The largest absolute Gasteiger partial charge is 0.495 e. The molecule has 1 aliphatic rings. The Balaban J connectivity index is 1.56. The van der Waals surface area contributed by atoms with Gasteiger partial charge >= 0.3 is 0 Å². The predicted molar refractivity (Wildman–Crippen MR) is 120 cm³/mol. The molecule has 0 amide bonds. The van der Waals surface area contributed by atoms with Crippen molar-refractivity contribution in [2.75, 3.05) is 38.2 Å². The monoisotopic (exact) mass is 461 g/mol. The predicted octanol–water partition coefficient (Wildman–Crippen LogP) is 4.13. The molecule has 1 saturated heterocycles. The molecule has 1 aromatic heterocycles. The fourth-order valence-electron chi connectivity index (χ4n) is 3.77. The van der Waals surface area contributed by atoms with E-state index < -0.39 is 10.0 Å². The molecule has 7 nitrogen and oxygen atoms in total. The first-order valence-electron chi connectivity index (χ1n) is 9.92. The van der Waals surface area contributed by atoms with Crippen molar-refractivity contribution in [2.24, 2.45) is 0 Å². The fourth-order valence-corrected chi connectivity index (χ4v) is 5.49. The summed E-state index contributed by atoms with van der Waals surface area (Å²) >= 11 is 6.15. The Morgan fingerprint density at radius 1 is 1.03 bits per heavy atom. The van der Waals surface area contributed by atoms with Gasteiger partial charge in [0.25, 0.3) is 0 Å². The van der Waals surface area contributed by atoms with E-state index in [2.05, 4.69) is 10.1 Å². The molecule has 0 spiro atoms. The van der Waals surface area contributed by atoms with E-state index >= 15 is 0 Å². The van der Waals surface area contributed by atoms with Crippen LogP contribution in [-0.4, -0.2) is 51.2 Å². The molecule has 0 bridgehead atoms.